The van der Waals surface area contributed by atoms with Crippen LogP contribution in [-0.4, -0.2) is 40.4 Å². The summed E-state index contributed by atoms with van der Waals surface area (Å²) in [4.78, 5) is 12.4. The fourth-order valence-corrected chi connectivity index (χ4v) is 5.79. The van der Waals surface area contributed by atoms with Gasteiger partial charge in [0, 0.05) is 8.95 Å². The monoisotopic (exact) mass is 701 g/mol. The quantitative estimate of drug-likeness (QED) is 0.224. The molecule has 15 heteroatoms. The zero-order valence-electron chi connectivity index (χ0n) is 19.1. The smallest absolute Gasteiger partial charge is 0.433 e. The molecule has 2 aromatic carbocycles. The first-order valence-electron chi connectivity index (χ1n) is 10.4. The number of rotatable bonds is 8. The number of carbonyl (C=O) groups excluding carboxylic acids is 1. The maximum atomic E-state index is 13.7. The average Bonchev–Trinajstić information content (AvgIpc) is 2.69. The molecule has 210 valence electrons. The van der Waals surface area contributed by atoms with E-state index in [9.17, 15) is 48.9 Å². The highest BCUT2D eigenvalue weighted by molar-refractivity contribution is 9.11. The Morgan fingerprint density at radius 2 is 1.58 bits per heavy atom. The van der Waals surface area contributed by atoms with Gasteiger partial charge in [0.2, 0.25) is 5.75 Å². The van der Waals surface area contributed by atoms with Crippen molar-refractivity contribution < 1.29 is 48.9 Å². The molecule has 2 unspecified atom stereocenters. The van der Waals surface area contributed by atoms with Crippen LogP contribution < -0.4 is 5.32 Å². The Labute approximate surface area is 231 Å². The maximum Gasteiger partial charge on any atom is 0.433 e. The topological polar surface area (TPSA) is 52.2 Å². The van der Waals surface area contributed by atoms with Crippen molar-refractivity contribution in [3.63, 3.8) is 0 Å². The molecule has 0 aliphatic carbocycles. The third-order valence-electron chi connectivity index (χ3n) is 4.81. The molecule has 0 saturated carbocycles. The first-order chi connectivity index (χ1) is 17.3. The van der Waals surface area contributed by atoms with Crippen LogP contribution >= 0.6 is 31.9 Å². The lowest BCUT2D eigenvalue weighted by Gasteiger charge is -2.20. The van der Waals surface area contributed by atoms with Crippen LogP contribution in [0, 0.1) is 0 Å². The normalized spacial score (nSPS) is 15.4. The fourth-order valence-electron chi connectivity index (χ4n) is 3.33. The van der Waals surface area contributed by atoms with Gasteiger partial charge in [0.05, 0.1) is 23.1 Å². The van der Waals surface area contributed by atoms with Crippen LogP contribution in [0.2, 0.25) is 0 Å². The summed E-state index contributed by atoms with van der Waals surface area (Å²) in [5, 5.41) is 2.07. The van der Waals surface area contributed by atoms with E-state index in [-0.39, 0.29) is 11.1 Å². The Hall–Kier alpha value is -1.71. The number of amides is 1. The third kappa shape index (κ3) is 10.1. The van der Waals surface area contributed by atoms with Crippen LogP contribution in [0.3, 0.4) is 0 Å². The molecule has 3 nitrogen and oxygen atoms in total. The van der Waals surface area contributed by atoms with Crippen LogP contribution in [-0.2, 0) is 17.4 Å². The number of hydrogen-bond donors (Lipinski definition) is 1. The number of alkyl halides is 9. The van der Waals surface area contributed by atoms with E-state index in [1.807, 2.05) is 0 Å². The largest absolute Gasteiger partial charge is 0.616 e. The second kappa shape index (κ2) is 12.6. The third-order valence-corrected chi connectivity index (χ3v) is 7.25. The first kappa shape index (κ1) is 32.5. The lowest BCUT2D eigenvalue weighted by molar-refractivity contribution is -0.139. The number of benzene rings is 2. The standard InChI is InChI=1S/C23H18Br2F9NO2S/c1-12(10-38(37)11-21(26,27)28)35-20(36)17-4-2-13(6-19(17)23(32,33)34)3-5-18(22(29,30)31)14-7-15(24)9-16(25)8-14/h2-9,12,18H,10-11H2,1H3,(H,35,36)/b5-3+/t12-,18?,38?/m1/s1. The van der Waals surface area contributed by atoms with E-state index in [0.717, 1.165) is 18.2 Å². The molecular formula is C23H18Br2F9NO2S. The van der Waals surface area contributed by atoms with Gasteiger partial charge in [-0.3, -0.25) is 4.79 Å². The molecular weight excluding hydrogens is 685 g/mol. The summed E-state index contributed by atoms with van der Waals surface area (Å²) in [6, 6.07) is 5.00. The highest BCUT2D eigenvalue weighted by Gasteiger charge is 2.40. The molecule has 0 saturated heterocycles. The lowest BCUT2D eigenvalue weighted by atomic mass is 9.96. The van der Waals surface area contributed by atoms with Gasteiger partial charge in [0.1, 0.15) is 5.75 Å². The zero-order valence-corrected chi connectivity index (χ0v) is 23.1. The molecule has 1 N–H and O–H groups in total. The Bertz CT molecular complexity index is 1150. The van der Waals surface area contributed by atoms with Gasteiger partial charge in [-0.05, 0) is 59.6 Å². The molecule has 38 heavy (non-hydrogen) atoms. The van der Waals surface area contributed by atoms with E-state index >= 15 is 0 Å². The average molecular weight is 703 g/mol. The molecule has 0 spiro atoms. The van der Waals surface area contributed by atoms with E-state index in [2.05, 4.69) is 37.2 Å². The van der Waals surface area contributed by atoms with E-state index in [1.54, 1.807) is 0 Å². The Balaban J connectivity index is 2.33. The van der Waals surface area contributed by atoms with Gasteiger partial charge < -0.3 is 9.87 Å². The maximum absolute atomic E-state index is 13.7. The van der Waals surface area contributed by atoms with Gasteiger partial charge in [-0.2, -0.15) is 39.5 Å². The molecule has 0 radical (unpaired) electrons. The van der Waals surface area contributed by atoms with Crippen molar-refractivity contribution >= 4 is 55.0 Å². The Morgan fingerprint density at radius 1 is 1.00 bits per heavy atom. The van der Waals surface area contributed by atoms with Crippen molar-refractivity contribution in [3.05, 3.63) is 73.7 Å². The minimum absolute atomic E-state index is 0.182. The molecule has 1 amide bonds. The summed E-state index contributed by atoms with van der Waals surface area (Å²) in [5.41, 5.74) is -2.82. The SMILES string of the molecule is C[C@H](C[S+]([O-])CC(F)(F)F)NC(=O)c1ccc(/C=C/C(c2cc(Br)cc(Br)c2)C(F)(F)F)cc1C(F)(F)F. The van der Waals surface area contributed by atoms with Crippen molar-refractivity contribution in [1.82, 2.24) is 5.32 Å². The van der Waals surface area contributed by atoms with Crippen LogP contribution in [0.1, 0.15) is 39.9 Å². The fraction of sp³-hybridized carbons (Fsp3) is 0.348. The second-order valence-electron chi connectivity index (χ2n) is 8.12. The predicted molar refractivity (Wildman–Crippen MR) is 132 cm³/mol. The molecule has 2 aromatic rings. The molecule has 2 rings (SSSR count). The minimum atomic E-state index is -5.09. The molecule has 0 aliphatic heterocycles. The summed E-state index contributed by atoms with van der Waals surface area (Å²) in [5.74, 6) is -5.75. The van der Waals surface area contributed by atoms with Gasteiger partial charge in [0.25, 0.3) is 5.91 Å². The molecule has 0 aromatic heterocycles. The van der Waals surface area contributed by atoms with Gasteiger partial charge in [-0.1, -0.05) is 50.1 Å². The molecule has 0 bridgehead atoms. The highest BCUT2D eigenvalue weighted by atomic mass is 79.9. The number of nitrogens with one attached hydrogen (secondary N) is 1. The second-order valence-corrected chi connectivity index (χ2v) is 11.5. The van der Waals surface area contributed by atoms with Gasteiger partial charge in [-0.15, -0.1) is 0 Å². The highest BCUT2D eigenvalue weighted by Crippen LogP contribution is 2.39. The lowest BCUT2D eigenvalue weighted by Crippen LogP contribution is -2.40. The van der Waals surface area contributed by atoms with Crippen molar-refractivity contribution in [2.45, 2.75) is 37.4 Å². The zero-order chi connectivity index (χ0) is 29.1. The Kier molecular flexibility index (Phi) is 10.8. The Morgan fingerprint density at radius 3 is 2.08 bits per heavy atom. The summed E-state index contributed by atoms with van der Waals surface area (Å²) in [6.07, 6.45) is -13.1. The van der Waals surface area contributed by atoms with Crippen LogP contribution in [0.25, 0.3) is 6.08 Å². The molecule has 3 atom stereocenters. The summed E-state index contributed by atoms with van der Waals surface area (Å²) in [7, 11) is 0. The van der Waals surface area contributed by atoms with Gasteiger partial charge >= 0.3 is 18.5 Å². The summed E-state index contributed by atoms with van der Waals surface area (Å²) >= 11 is 3.76. The predicted octanol–water partition coefficient (Wildman–Crippen LogP) is 8.02. The summed E-state index contributed by atoms with van der Waals surface area (Å²) in [6.45, 7) is 1.17. The number of halogens is 11. The van der Waals surface area contributed by atoms with Crippen molar-refractivity contribution in [2.75, 3.05) is 11.5 Å². The minimum Gasteiger partial charge on any atom is -0.616 e. The number of carbonyl (C=O) groups is 1. The summed E-state index contributed by atoms with van der Waals surface area (Å²) < 4.78 is 131. The molecule has 0 aliphatic rings. The molecule has 0 fully saturated rings. The van der Waals surface area contributed by atoms with Crippen LogP contribution in [0.15, 0.2) is 51.4 Å². The first-order valence-corrected chi connectivity index (χ1v) is 13.5. The van der Waals surface area contributed by atoms with Crippen molar-refractivity contribution in [2.24, 2.45) is 0 Å². The van der Waals surface area contributed by atoms with Gasteiger partial charge in [-0.25, -0.2) is 0 Å². The van der Waals surface area contributed by atoms with E-state index in [0.29, 0.717) is 21.1 Å². The van der Waals surface area contributed by atoms with Gasteiger partial charge in [0.15, 0.2) is 0 Å². The number of allylic oxidation sites excluding steroid dienone is 1. The number of hydrogen-bond acceptors (Lipinski definition) is 2. The van der Waals surface area contributed by atoms with Crippen molar-refractivity contribution in [3.8, 4) is 0 Å². The van der Waals surface area contributed by atoms with E-state index in [4.69, 9.17) is 0 Å². The van der Waals surface area contributed by atoms with Crippen LogP contribution in [0.4, 0.5) is 39.5 Å². The van der Waals surface area contributed by atoms with E-state index in [1.165, 1.54) is 25.1 Å². The van der Waals surface area contributed by atoms with Crippen molar-refractivity contribution in [1.29, 1.82) is 0 Å². The molecule has 0 heterocycles. The van der Waals surface area contributed by atoms with E-state index < -0.39 is 70.2 Å². The van der Waals surface area contributed by atoms with Crippen LogP contribution in [0.5, 0.6) is 0 Å².